The highest BCUT2D eigenvalue weighted by Gasteiger charge is 2.48. The summed E-state index contributed by atoms with van der Waals surface area (Å²) in [5, 5.41) is 20.6. The van der Waals surface area contributed by atoms with Crippen molar-refractivity contribution in [2.24, 2.45) is 17.8 Å². The molecular weight excluding hydrogens is 210 g/mol. The highest BCUT2D eigenvalue weighted by atomic mass is 16.4. The van der Waals surface area contributed by atoms with Gasteiger partial charge < -0.3 is 15.5 Å². The number of carboxylic acid groups (broad SMARTS) is 1. The minimum atomic E-state index is -1.88. The number of hydrogen-bond acceptors (Lipinski definition) is 3. The van der Waals surface area contributed by atoms with Crippen LogP contribution in [0.4, 0.5) is 0 Å². The van der Waals surface area contributed by atoms with E-state index in [2.05, 4.69) is 5.32 Å². The van der Waals surface area contributed by atoms with Crippen LogP contribution in [0.3, 0.4) is 0 Å². The summed E-state index contributed by atoms with van der Waals surface area (Å²) in [5.74, 6) is 0.0237. The Morgan fingerprint density at radius 1 is 1.31 bits per heavy atom. The van der Waals surface area contributed by atoms with E-state index in [9.17, 15) is 14.7 Å². The lowest BCUT2D eigenvalue weighted by Crippen LogP contribution is -2.47. The van der Waals surface area contributed by atoms with Crippen molar-refractivity contribution in [3.63, 3.8) is 0 Å². The van der Waals surface area contributed by atoms with Crippen LogP contribution in [-0.4, -0.2) is 34.2 Å². The molecule has 1 amide bonds. The van der Waals surface area contributed by atoms with Gasteiger partial charge in [-0.25, -0.2) is 4.79 Å². The van der Waals surface area contributed by atoms with E-state index >= 15 is 0 Å². The number of carboxylic acids is 1. The Bertz CT molecular complexity index is 316. The predicted octanol–water partition coefficient (Wildman–Crippen LogP) is -0.0157. The number of nitrogens with one attached hydrogen (secondary N) is 1. The summed E-state index contributed by atoms with van der Waals surface area (Å²) in [5.41, 5.74) is -1.88. The first kappa shape index (κ1) is 11.4. The Labute approximate surface area is 93.8 Å². The van der Waals surface area contributed by atoms with E-state index in [0.717, 1.165) is 24.7 Å². The first-order chi connectivity index (χ1) is 7.40. The van der Waals surface area contributed by atoms with E-state index in [1.165, 1.54) is 13.3 Å². The van der Waals surface area contributed by atoms with Crippen LogP contribution in [0.1, 0.15) is 26.2 Å². The van der Waals surface area contributed by atoms with Gasteiger partial charge in [-0.2, -0.15) is 0 Å². The number of hydrogen-bond donors (Lipinski definition) is 3. The highest BCUT2D eigenvalue weighted by Crippen LogP contribution is 2.54. The Morgan fingerprint density at radius 3 is 2.38 bits per heavy atom. The average Bonchev–Trinajstić information content (AvgIpc) is 2.82. The van der Waals surface area contributed by atoms with E-state index < -0.39 is 11.6 Å². The van der Waals surface area contributed by atoms with Crippen LogP contribution in [0.25, 0.3) is 0 Å². The van der Waals surface area contributed by atoms with E-state index in [1.807, 2.05) is 0 Å². The monoisotopic (exact) mass is 227 g/mol. The molecule has 0 aliphatic heterocycles. The minimum Gasteiger partial charge on any atom is -0.479 e. The van der Waals surface area contributed by atoms with E-state index in [1.54, 1.807) is 0 Å². The zero-order valence-corrected chi connectivity index (χ0v) is 9.27. The predicted molar refractivity (Wildman–Crippen MR) is 55.6 cm³/mol. The highest BCUT2D eigenvalue weighted by molar-refractivity contribution is 5.81. The molecule has 0 spiro atoms. The third kappa shape index (κ3) is 2.19. The van der Waals surface area contributed by atoms with Crippen molar-refractivity contribution in [1.29, 1.82) is 0 Å². The van der Waals surface area contributed by atoms with Crippen LogP contribution in [0.2, 0.25) is 0 Å². The van der Waals surface area contributed by atoms with Crippen LogP contribution in [0.15, 0.2) is 0 Å². The fourth-order valence-corrected chi connectivity index (χ4v) is 2.41. The number of carbonyl (C=O) groups is 2. The molecule has 3 N–H and O–H groups in total. The van der Waals surface area contributed by atoms with Crippen LogP contribution >= 0.6 is 0 Å². The molecule has 0 heterocycles. The molecule has 2 rings (SSSR count). The molecule has 3 unspecified atom stereocenters. The Balaban J connectivity index is 1.77. The van der Waals surface area contributed by atoms with Gasteiger partial charge in [0, 0.05) is 5.92 Å². The minimum absolute atomic E-state index is 0.0216. The van der Waals surface area contributed by atoms with Crippen molar-refractivity contribution >= 4 is 11.9 Å². The van der Waals surface area contributed by atoms with Gasteiger partial charge in [0.1, 0.15) is 0 Å². The Hall–Kier alpha value is -1.10. The summed E-state index contributed by atoms with van der Waals surface area (Å²) in [6.07, 6.45) is 3.09. The number of fused-ring (bicyclic) bond motifs is 1. The third-order valence-electron chi connectivity index (χ3n) is 3.68. The molecule has 0 radical (unpaired) electrons. The summed E-state index contributed by atoms with van der Waals surface area (Å²) >= 11 is 0. The molecule has 0 aromatic heterocycles. The average molecular weight is 227 g/mol. The van der Waals surface area contributed by atoms with Gasteiger partial charge in [0.25, 0.3) is 0 Å². The summed E-state index contributed by atoms with van der Waals surface area (Å²) in [6.45, 7) is 0.953. The number of carbonyl (C=O) groups excluding carboxylic acids is 1. The molecule has 2 saturated carbocycles. The zero-order valence-electron chi connectivity index (χ0n) is 9.27. The van der Waals surface area contributed by atoms with E-state index in [-0.39, 0.29) is 18.4 Å². The molecule has 5 heteroatoms. The first-order valence-electron chi connectivity index (χ1n) is 5.63. The summed E-state index contributed by atoms with van der Waals surface area (Å²) in [4.78, 5) is 22.3. The lowest BCUT2D eigenvalue weighted by Gasteiger charge is -2.20. The van der Waals surface area contributed by atoms with Crippen molar-refractivity contribution in [2.45, 2.75) is 31.8 Å². The summed E-state index contributed by atoms with van der Waals surface area (Å²) < 4.78 is 0. The summed E-state index contributed by atoms with van der Waals surface area (Å²) in [7, 11) is 0. The molecule has 2 aliphatic rings. The molecule has 16 heavy (non-hydrogen) atoms. The Morgan fingerprint density at radius 2 is 1.88 bits per heavy atom. The molecule has 0 aromatic rings. The van der Waals surface area contributed by atoms with E-state index in [4.69, 9.17) is 5.11 Å². The van der Waals surface area contributed by atoms with Gasteiger partial charge in [-0.3, -0.25) is 4.79 Å². The lowest BCUT2D eigenvalue weighted by molar-refractivity contribution is -0.156. The molecular formula is C11H17NO4. The second kappa shape index (κ2) is 3.73. The lowest BCUT2D eigenvalue weighted by atomic mass is 10.0. The standard InChI is InChI=1S/C11H17NO4/c1-11(16,10(14)15)5-12-9(13)8-3-6-2-7(6)4-8/h6-8,16H,2-5H2,1H3,(H,12,13)(H,14,15). The fourth-order valence-electron chi connectivity index (χ4n) is 2.41. The molecule has 3 atom stereocenters. The van der Waals surface area contributed by atoms with Crippen LogP contribution in [-0.2, 0) is 9.59 Å². The first-order valence-corrected chi connectivity index (χ1v) is 5.63. The number of aliphatic carboxylic acids is 1. The van der Waals surface area contributed by atoms with Crippen molar-refractivity contribution < 1.29 is 19.8 Å². The van der Waals surface area contributed by atoms with Crippen molar-refractivity contribution in [3.8, 4) is 0 Å². The molecule has 2 fully saturated rings. The smallest absolute Gasteiger partial charge is 0.337 e. The molecule has 2 aliphatic carbocycles. The Kier molecular flexibility index (Phi) is 2.66. The molecule has 0 bridgehead atoms. The molecule has 0 saturated heterocycles. The quantitative estimate of drug-likeness (QED) is 0.630. The molecule has 90 valence electrons. The van der Waals surface area contributed by atoms with Gasteiger partial charge >= 0.3 is 5.97 Å². The van der Waals surface area contributed by atoms with Gasteiger partial charge in [-0.05, 0) is 38.0 Å². The normalized spacial score (nSPS) is 35.0. The van der Waals surface area contributed by atoms with Gasteiger partial charge in [0.15, 0.2) is 5.60 Å². The van der Waals surface area contributed by atoms with Gasteiger partial charge in [-0.15, -0.1) is 0 Å². The van der Waals surface area contributed by atoms with Crippen LogP contribution in [0, 0.1) is 17.8 Å². The molecule has 0 aromatic carbocycles. The fraction of sp³-hybridized carbons (Fsp3) is 0.818. The second-order valence-corrected chi connectivity index (χ2v) is 5.22. The van der Waals surface area contributed by atoms with Gasteiger partial charge in [-0.1, -0.05) is 0 Å². The summed E-state index contributed by atoms with van der Waals surface area (Å²) in [6, 6.07) is 0. The second-order valence-electron chi connectivity index (χ2n) is 5.22. The molecule has 5 nitrogen and oxygen atoms in total. The number of aliphatic hydroxyl groups is 1. The van der Waals surface area contributed by atoms with Crippen molar-refractivity contribution in [3.05, 3.63) is 0 Å². The van der Waals surface area contributed by atoms with Gasteiger partial charge in [0.2, 0.25) is 5.91 Å². The van der Waals surface area contributed by atoms with Gasteiger partial charge in [0.05, 0.1) is 6.54 Å². The number of rotatable bonds is 4. The van der Waals surface area contributed by atoms with Crippen molar-refractivity contribution in [1.82, 2.24) is 5.32 Å². The topological polar surface area (TPSA) is 86.6 Å². The van der Waals surface area contributed by atoms with E-state index in [0.29, 0.717) is 0 Å². The van der Waals surface area contributed by atoms with Crippen LogP contribution in [0.5, 0.6) is 0 Å². The zero-order chi connectivity index (χ0) is 11.9. The third-order valence-corrected chi connectivity index (χ3v) is 3.68. The maximum atomic E-state index is 11.7. The number of amides is 1. The maximum absolute atomic E-state index is 11.7. The van der Waals surface area contributed by atoms with Crippen molar-refractivity contribution in [2.75, 3.05) is 6.54 Å². The maximum Gasteiger partial charge on any atom is 0.337 e. The SMILES string of the molecule is CC(O)(CNC(=O)C1CC2CC2C1)C(=O)O. The largest absolute Gasteiger partial charge is 0.479 e. The van der Waals surface area contributed by atoms with Crippen LogP contribution < -0.4 is 5.32 Å².